The second kappa shape index (κ2) is 9.44. The molecule has 3 aromatic carbocycles. The van der Waals surface area contributed by atoms with Crippen LogP contribution in [0.15, 0.2) is 79.0 Å². The van der Waals surface area contributed by atoms with E-state index in [2.05, 4.69) is 30.3 Å². The second-order valence-corrected chi connectivity index (χ2v) is 8.97. The van der Waals surface area contributed by atoms with Crippen molar-refractivity contribution in [2.45, 2.75) is 32.4 Å². The number of fused-ring (bicyclic) bond motifs is 1. The highest BCUT2D eigenvalue weighted by Gasteiger charge is 2.32. The van der Waals surface area contributed by atoms with E-state index >= 15 is 0 Å². The Bertz CT molecular complexity index is 1500. The minimum Gasteiger partial charge on any atom is -0.378 e. The van der Waals surface area contributed by atoms with Crippen LogP contribution >= 0.6 is 0 Å². The summed E-state index contributed by atoms with van der Waals surface area (Å²) in [6.45, 7) is 3.69. The molecule has 1 aliphatic rings. The van der Waals surface area contributed by atoms with Gasteiger partial charge >= 0.3 is 0 Å². The number of carbonyl (C=O) groups is 1. The molecule has 36 heavy (non-hydrogen) atoms. The standard InChI is InChI=1S/C30H25N5O/c1-4-22-5-10-25(11-6-22)32-29-17-20(2)35(21(3)36)30-14-9-24(18-27(29)30)28-15-16-34(33-28)26-12-7-23(19-31)8-13-26/h1,5-16,18,20,29,32H,17H2,2-3H3/t20-,29+/m0/s1. The maximum atomic E-state index is 12.5. The Labute approximate surface area is 210 Å². The molecule has 2 heterocycles. The summed E-state index contributed by atoms with van der Waals surface area (Å²) in [6, 6.07) is 25.4. The van der Waals surface area contributed by atoms with Gasteiger partial charge in [-0.1, -0.05) is 12.0 Å². The number of terminal acetylenes is 1. The lowest BCUT2D eigenvalue weighted by Crippen LogP contribution is -2.43. The van der Waals surface area contributed by atoms with Gasteiger partial charge in [0.25, 0.3) is 0 Å². The van der Waals surface area contributed by atoms with Gasteiger partial charge in [0.2, 0.25) is 5.91 Å². The Kier molecular flexibility index (Phi) is 6.02. The molecular formula is C30H25N5O. The van der Waals surface area contributed by atoms with Gasteiger partial charge < -0.3 is 10.2 Å². The van der Waals surface area contributed by atoms with Crippen LogP contribution in [0.5, 0.6) is 0 Å². The highest BCUT2D eigenvalue weighted by Crippen LogP contribution is 2.41. The molecule has 0 unspecified atom stereocenters. The molecular weight excluding hydrogens is 446 g/mol. The fraction of sp³-hybridized carbons (Fsp3) is 0.167. The number of benzene rings is 3. The van der Waals surface area contributed by atoms with Gasteiger partial charge in [0.05, 0.1) is 29.1 Å². The number of nitrogens with zero attached hydrogens (tertiary/aromatic N) is 4. The van der Waals surface area contributed by atoms with Crippen LogP contribution in [0.3, 0.4) is 0 Å². The summed E-state index contributed by atoms with van der Waals surface area (Å²) in [7, 11) is 0. The molecule has 1 amide bonds. The number of rotatable bonds is 4. The highest BCUT2D eigenvalue weighted by molar-refractivity contribution is 5.94. The summed E-state index contributed by atoms with van der Waals surface area (Å²) in [4.78, 5) is 14.4. The highest BCUT2D eigenvalue weighted by atomic mass is 16.2. The van der Waals surface area contributed by atoms with Crippen LogP contribution in [-0.2, 0) is 4.79 Å². The third-order valence-electron chi connectivity index (χ3n) is 6.56. The van der Waals surface area contributed by atoms with Crippen LogP contribution in [0.4, 0.5) is 11.4 Å². The summed E-state index contributed by atoms with van der Waals surface area (Å²) in [5, 5.41) is 17.5. The largest absolute Gasteiger partial charge is 0.378 e. The molecule has 5 rings (SSSR count). The van der Waals surface area contributed by atoms with Crippen LogP contribution in [0, 0.1) is 23.7 Å². The van der Waals surface area contributed by atoms with Crippen molar-refractivity contribution in [3.63, 3.8) is 0 Å². The zero-order chi connectivity index (χ0) is 25.2. The number of hydrogen-bond donors (Lipinski definition) is 1. The van der Waals surface area contributed by atoms with Gasteiger partial charge in [0.15, 0.2) is 0 Å². The molecule has 1 aliphatic heterocycles. The van der Waals surface area contributed by atoms with Crippen LogP contribution in [-0.4, -0.2) is 21.7 Å². The van der Waals surface area contributed by atoms with Crippen molar-refractivity contribution in [2.75, 3.05) is 10.2 Å². The number of aromatic nitrogens is 2. The average molecular weight is 472 g/mol. The van der Waals surface area contributed by atoms with E-state index in [1.807, 2.05) is 65.7 Å². The number of nitriles is 1. The molecule has 0 saturated carbocycles. The summed E-state index contributed by atoms with van der Waals surface area (Å²) in [5.41, 5.74) is 7.05. The van der Waals surface area contributed by atoms with Crippen molar-refractivity contribution >= 4 is 17.3 Å². The van der Waals surface area contributed by atoms with Crippen LogP contribution < -0.4 is 10.2 Å². The lowest BCUT2D eigenvalue weighted by Gasteiger charge is -2.39. The molecule has 0 fully saturated rings. The SMILES string of the molecule is C#Cc1ccc(N[C@@H]2C[C@H](C)N(C(C)=O)c3ccc(-c4ccn(-c5ccc(C#N)cc5)n4)cc32)cc1. The van der Waals surface area contributed by atoms with E-state index in [1.165, 1.54) is 0 Å². The second-order valence-electron chi connectivity index (χ2n) is 8.97. The van der Waals surface area contributed by atoms with E-state index in [4.69, 9.17) is 16.8 Å². The molecule has 1 N–H and O–H groups in total. The molecule has 1 aromatic heterocycles. The molecule has 0 spiro atoms. The minimum atomic E-state index is 0.0165. The molecule has 6 nitrogen and oxygen atoms in total. The molecule has 0 bridgehead atoms. The van der Waals surface area contributed by atoms with Crippen LogP contribution in [0.2, 0.25) is 0 Å². The Morgan fingerprint density at radius 3 is 2.44 bits per heavy atom. The maximum absolute atomic E-state index is 12.5. The van der Waals surface area contributed by atoms with Gasteiger partial charge in [-0.05, 0) is 85.6 Å². The van der Waals surface area contributed by atoms with Crippen molar-refractivity contribution in [1.29, 1.82) is 5.26 Å². The normalized spacial score (nSPS) is 16.5. The third-order valence-corrected chi connectivity index (χ3v) is 6.56. The fourth-order valence-electron chi connectivity index (χ4n) is 4.81. The van der Waals surface area contributed by atoms with E-state index in [9.17, 15) is 4.79 Å². The fourth-order valence-corrected chi connectivity index (χ4v) is 4.81. The van der Waals surface area contributed by atoms with Crippen molar-refractivity contribution in [3.05, 3.63) is 95.7 Å². The topological polar surface area (TPSA) is 74.0 Å². The summed E-state index contributed by atoms with van der Waals surface area (Å²) < 4.78 is 1.79. The molecule has 0 saturated heterocycles. The predicted octanol–water partition coefficient (Wildman–Crippen LogP) is 5.69. The zero-order valence-electron chi connectivity index (χ0n) is 20.1. The Morgan fingerprint density at radius 1 is 1.06 bits per heavy atom. The van der Waals surface area contributed by atoms with E-state index in [0.717, 1.165) is 45.9 Å². The van der Waals surface area contributed by atoms with Crippen molar-refractivity contribution < 1.29 is 4.79 Å². The number of nitrogens with one attached hydrogen (secondary N) is 1. The summed E-state index contributed by atoms with van der Waals surface area (Å²) >= 11 is 0. The van der Waals surface area contributed by atoms with Crippen molar-refractivity contribution in [2.24, 2.45) is 0 Å². The number of carbonyl (C=O) groups excluding carboxylic acids is 1. The third kappa shape index (κ3) is 4.33. The first-order valence-electron chi connectivity index (χ1n) is 11.8. The van der Waals surface area contributed by atoms with Crippen LogP contribution in [0.25, 0.3) is 16.9 Å². The number of amides is 1. The first-order valence-corrected chi connectivity index (χ1v) is 11.8. The Balaban J connectivity index is 1.51. The van der Waals surface area contributed by atoms with Crippen molar-refractivity contribution in [1.82, 2.24) is 9.78 Å². The number of hydrogen-bond acceptors (Lipinski definition) is 4. The molecule has 4 aromatic rings. The Hall–Kier alpha value is -4.81. The molecule has 6 heteroatoms. The van der Waals surface area contributed by atoms with Gasteiger partial charge in [-0.3, -0.25) is 4.79 Å². The van der Waals surface area contributed by atoms with Crippen LogP contribution in [0.1, 0.15) is 43.0 Å². The van der Waals surface area contributed by atoms with Crippen molar-refractivity contribution in [3.8, 4) is 35.4 Å². The van der Waals surface area contributed by atoms with Gasteiger partial charge in [-0.25, -0.2) is 4.68 Å². The maximum Gasteiger partial charge on any atom is 0.224 e. The molecule has 0 aliphatic carbocycles. The zero-order valence-corrected chi connectivity index (χ0v) is 20.1. The minimum absolute atomic E-state index is 0.0165. The van der Waals surface area contributed by atoms with E-state index in [0.29, 0.717) is 5.56 Å². The average Bonchev–Trinajstić information content (AvgIpc) is 3.39. The monoisotopic (exact) mass is 471 g/mol. The van der Waals surface area contributed by atoms with E-state index < -0.39 is 0 Å². The van der Waals surface area contributed by atoms with Gasteiger partial charge in [-0.2, -0.15) is 10.4 Å². The smallest absolute Gasteiger partial charge is 0.224 e. The predicted molar refractivity (Wildman–Crippen MR) is 142 cm³/mol. The lowest BCUT2D eigenvalue weighted by atomic mass is 9.89. The van der Waals surface area contributed by atoms with E-state index in [-0.39, 0.29) is 18.0 Å². The first-order chi connectivity index (χ1) is 17.5. The quantitative estimate of drug-likeness (QED) is 0.388. The van der Waals surface area contributed by atoms with Gasteiger partial charge in [0, 0.05) is 41.7 Å². The lowest BCUT2D eigenvalue weighted by molar-refractivity contribution is -0.117. The number of anilines is 2. The first kappa shape index (κ1) is 23.0. The van der Waals surface area contributed by atoms with Gasteiger partial charge in [0.1, 0.15) is 0 Å². The van der Waals surface area contributed by atoms with Gasteiger partial charge in [-0.15, -0.1) is 6.42 Å². The van der Waals surface area contributed by atoms with E-state index in [1.54, 1.807) is 23.7 Å². The molecule has 2 atom stereocenters. The molecule has 176 valence electrons. The molecule has 0 radical (unpaired) electrons. The Morgan fingerprint density at radius 2 is 1.78 bits per heavy atom. The summed E-state index contributed by atoms with van der Waals surface area (Å²) in [6.07, 6.45) is 8.18. The summed E-state index contributed by atoms with van der Waals surface area (Å²) in [5.74, 6) is 2.68.